The van der Waals surface area contributed by atoms with Crippen LogP contribution in [0.25, 0.3) is 0 Å². The highest BCUT2D eigenvalue weighted by Crippen LogP contribution is 2.36. The number of hydrogen-bond donors (Lipinski definition) is 1. The number of hydrogen-bond acceptors (Lipinski definition) is 5. The number of β-amino-alcohol motifs (C(OH)–C–C–N with tert-alkyl or cyclic N) is 1. The molecule has 0 aliphatic carbocycles. The highest BCUT2D eigenvalue weighted by Gasteiger charge is 2.46. The van der Waals surface area contributed by atoms with Gasteiger partial charge in [-0.05, 0) is 19.3 Å². The molecule has 98 valence electrons. The molecule has 1 spiro atoms. The average molecular weight is 268 g/mol. The lowest BCUT2D eigenvalue weighted by Crippen LogP contribution is -2.56. The third kappa shape index (κ3) is 1.94. The van der Waals surface area contributed by atoms with E-state index in [-0.39, 0.29) is 5.91 Å². The topological polar surface area (TPSA) is 62.7 Å². The number of aromatic nitrogens is 1. The molecule has 6 heteroatoms. The van der Waals surface area contributed by atoms with E-state index in [2.05, 4.69) is 4.98 Å². The van der Waals surface area contributed by atoms with Crippen molar-refractivity contribution < 1.29 is 14.6 Å². The predicted octanol–water partition coefficient (Wildman–Crippen LogP) is 0.899. The van der Waals surface area contributed by atoms with Crippen molar-refractivity contribution in [2.75, 3.05) is 19.7 Å². The van der Waals surface area contributed by atoms with Gasteiger partial charge in [-0.1, -0.05) is 0 Å². The number of carbonyl (C=O) groups excluding carboxylic acids is 1. The van der Waals surface area contributed by atoms with Gasteiger partial charge in [0.2, 0.25) is 0 Å². The minimum atomic E-state index is -0.587. The number of nitrogens with zero attached hydrogens (tertiary/aromatic N) is 2. The van der Waals surface area contributed by atoms with Gasteiger partial charge in [0.05, 0.1) is 11.1 Å². The van der Waals surface area contributed by atoms with Crippen LogP contribution in [0.15, 0.2) is 10.9 Å². The van der Waals surface area contributed by atoms with E-state index in [1.165, 1.54) is 11.3 Å². The van der Waals surface area contributed by atoms with Crippen molar-refractivity contribution in [3.8, 4) is 0 Å². The first-order valence-electron chi connectivity index (χ1n) is 6.21. The molecule has 3 rings (SSSR count). The van der Waals surface area contributed by atoms with E-state index < -0.39 is 11.7 Å². The first kappa shape index (κ1) is 12.1. The molecule has 0 radical (unpaired) electrons. The van der Waals surface area contributed by atoms with Crippen LogP contribution >= 0.6 is 11.3 Å². The number of rotatable bonds is 1. The summed E-state index contributed by atoms with van der Waals surface area (Å²) in [7, 11) is 0. The molecular weight excluding hydrogens is 252 g/mol. The number of amides is 1. The molecule has 1 amide bonds. The van der Waals surface area contributed by atoms with E-state index in [0.29, 0.717) is 25.2 Å². The fourth-order valence-electron chi connectivity index (χ4n) is 2.80. The molecule has 2 atom stereocenters. The highest BCUT2D eigenvalue weighted by molar-refractivity contribution is 7.07. The highest BCUT2D eigenvalue weighted by atomic mass is 32.1. The second kappa shape index (κ2) is 4.60. The summed E-state index contributed by atoms with van der Waals surface area (Å²) in [6.45, 7) is 1.70. The smallest absolute Gasteiger partial charge is 0.273 e. The van der Waals surface area contributed by atoms with Crippen LogP contribution in [0.5, 0.6) is 0 Å². The summed E-state index contributed by atoms with van der Waals surface area (Å²) >= 11 is 1.41. The molecule has 0 saturated carbocycles. The molecule has 2 aliphatic heterocycles. The predicted molar refractivity (Wildman–Crippen MR) is 66.6 cm³/mol. The standard InChI is InChI=1S/C12H16N2O3S/c15-10-6-14(11(16)9-7-18-8-13-9)4-3-12(10)2-1-5-17-12/h7-8,10,15H,1-6H2/t10-,12-/m0/s1. The van der Waals surface area contributed by atoms with Gasteiger partial charge in [-0.2, -0.15) is 0 Å². The minimum Gasteiger partial charge on any atom is -0.388 e. The zero-order valence-corrected chi connectivity index (χ0v) is 10.9. The number of aliphatic hydroxyl groups is 1. The van der Waals surface area contributed by atoms with E-state index in [1.54, 1.807) is 15.8 Å². The number of likely N-dealkylation sites (tertiary alicyclic amines) is 1. The lowest BCUT2D eigenvalue weighted by atomic mass is 9.86. The maximum Gasteiger partial charge on any atom is 0.273 e. The summed E-state index contributed by atoms with van der Waals surface area (Å²) in [5.41, 5.74) is 1.71. The van der Waals surface area contributed by atoms with Gasteiger partial charge in [0, 0.05) is 25.1 Å². The van der Waals surface area contributed by atoms with Gasteiger partial charge in [-0.25, -0.2) is 4.98 Å². The molecule has 0 aromatic carbocycles. The van der Waals surface area contributed by atoms with Gasteiger partial charge in [0.25, 0.3) is 5.91 Å². The Balaban J connectivity index is 1.70. The van der Waals surface area contributed by atoms with Gasteiger partial charge >= 0.3 is 0 Å². The Morgan fingerprint density at radius 2 is 2.50 bits per heavy atom. The van der Waals surface area contributed by atoms with E-state index in [0.717, 1.165) is 19.4 Å². The normalized spacial score (nSPS) is 32.1. The van der Waals surface area contributed by atoms with Crippen molar-refractivity contribution in [2.45, 2.75) is 31.0 Å². The Kier molecular flexibility index (Phi) is 3.09. The molecule has 3 heterocycles. The quantitative estimate of drug-likeness (QED) is 0.822. The van der Waals surface area contributed by atoms with Crippen molar-refractivity contribution in [1.29, 1.82) is 0 Å². The first-order valence-corrected chi connectivity index (χ1v) is 7.15. The zero-order chi connectivity index (χ0) is 12.6. The summed E-state index contributed by atoms with van der Waals surface area (Å²) < 4.78 is 5.71. The summed E-state index contributed by atoms with van der Waals surface area (Å²) in [5.74, 6) is -0.0943. The number of ether oxygens (including phenoxy) is 1. The Bertz CT molecular complexity index is 429. The van der Waals surface area contributed by atoms with Gasteiger partial charge in [0.15, 0.2) is 0 Å². The van der Waals surface area contributed by atoms with E-state index in [9.17, 15) is 9.90 Å². The fraction of sp³-hybridized carbons (Fsp3) is 0.667. The van der Waals surface area contributed by atoms with Crippen LogP contribution < -0.4 is 0 Å². The largest absolute Gasteiger partial charge is 0.388 e. The van der Waals surface area contributed by atoms with Crippen molar-refractivity contribution in [2.24, 2.45) is 0 Å². The fourth-order valence-corrected chi connectivity index (χ4v) is 3.33. The lowest BCUT2D eigenvalue weighted by molar-refractivity contribution is -0.123. The molecule has 5 nitrogen and oxygen atoms in total. The van der Waals surface area contributed by atoms with Crippen molar-refractivity contribution in [1.82, 2.24) is 9.88 Å². The zero-order valence-electron chi connectivity index (χ0n) is 10.0. The van der Waals surface area contributed by atoms with Crippen LogP contribution in [0.1, 0.15) is 29.8 Å². The summed E-state index contributed by atoms with van der Waals surface area (Å²) in [6, 6.07) is 0. The summed E-state index contributed by atoms with van der Waals surface area (Å²) in [6.07, 6.45) is 2.02. The van der Waals surface area contributed by atoms with Crippen molar-refractivity contribution >= 4 is 17.2 Å². The number of carbonyl (C=O) groups is 1. The van der Waals surface area contributed by atoms with Gasteiger partial charge < -0.3 is 14.7 Å². The maximum absolute atomic E-state index is 12.1. The van der Waals surface area contributed by atoms with Crippen molar-refractivity contribution in [3.05, 3.63) is 16.6 Å². The van der Waals surface area contributed by atoms with Crippen LogP contribution in [0.4, 0.5) is 0 Å². The third-order valence-corrected chi connectivity index (χ3v) is 4.46. The van der Waals surface area contributed by atoms with Crippen LogP contribution in [0.3, 0.4) is 0 Å². The molecule has 18 heavy (non-hydrogen) atoms. The van der Waals surface area contributed by atoms with Gasteiger partial charge in [0.1, 0.15) is 11.8 Å². The molecule has 2 saturated heterocycles. The molecular formula is C12H16N2O3S. The Morgan fingerprint density at radius 3 is 3.11 bits per heavy atom. The molecule has 1 aromatic rings. The lowest BCUT2D eigenvalue weighted by Gasteiger charge is -2.42. The van der Waals surface area contributed by atoms with E-state index >= 15 is 0 Å². The maximum atomic E-state index is 12.1. The first-order chi connectivity index (χ1) is 8.71. The Morgan fingerprint density at radius 1 is 1.61 bits per heavy atom. The average Bonchev–Trinajstić information content (AvgIpc) is 3.04. The second-order valence-electron chi connectivity index (χ2n) is 4.91. The Labute approximate surface area is 109 Å². The number of piperidine rings is 1. The third-order valence-electron chi connectivity index (χ3n) is 3.88. The van der Waals surface area contributed by atoms with Gasteiger partial charge in [-0.3, -0.25) is 4.79 Å². The monoisotopic (exact) mass is 268 g/mol. The van der Waals surface area contributed by atoms with E-state index in [1.807, 2.05) is 0 Å². The molecule has 0 bridgehead atoms. The van der Waals surface area contributed by atoms with Crippen LogP contribution in [-0.4, -0.2) is 52.3 Å². The Hall–Kier alpha value is -0.980. The van der Waals surface area contributed by atoms with Gasteiger partial charge in [-0.15, -0.1) is 11.3 Å². The number of aliphatic hydroxyl groups excluding tert-OH is 1. The van der Waals surface area contributed by atoms with E-state index in [4.69, 9.17) is 4.74 Å². The van der Waals surface area contributed by atoms with Crippen LogP contribution in [0.2, 0.25) is 0 Å². The summed E-state index contributed by atoms with van der Waals surface area (Å²) in [4.78, 5) is 17.8. The molecule has 1 aromatic heterocycles. The second-order valence-corrected chi connectivity index (χ2v) is 5.63. The summed E-state index contributed by atoms with van der Waals surface area (Å²) in [5, 5.41) is 12.0. The van der Waals surface area contributed by atoms with Crippen LogP contribution in [0, 0.1) is 0 Å². The minimum absolute atomic E-state index is 0.0943. The van der Waals surface area contributed by atoms with Crippen LogP contribution in [-0.2, 0) is 4.74 Å². The van der Waals surface area contributed by atoms with Crippen molar-refractivity contribution in [3.63, 3.8) is 0 Å². The number of thiazole rings is 1. The molecule has 2 fully saturated rings. The molecule has 1 N–H and O–H groups in total. The molecule has 0 unspecified atom stereocenters. The SMILES string of the molecule is O=C(c1cscn1)N1CC[C@@]2(CCCO2)[C@@H](O)C1. The molecule has 2 aliphatic rings.